The van der Waals surface area contributed by atoms with Crippen molar-refractivity contribution < 1.29 is 13.6 Å². The summed E-state index contributed by atoms with van der Waals surface area (Å²) in [6, 6.07) is 17.8. The highest BCUT2D eigenvalue weighted by Gasteiger charge is 2.27. The van der Waals surface area contributed by atoms with E-state index < -0.39 is 7.60 Å². The van der Waals surface area contributed by atoms with Crippen molar-refractivity contribution in [2.75, 3.05) is 14.2 Å². The van der Waals surface area contributed by atoms with Crippen LogP contribution in [0.15, 0.2) is 54.6 Å². The van der Waals surface area contributed by atoms with E-state index in [2.05, 4.69) is 6.07 Å². The van der Waals surface area contributed by atoms with Gasteiger partial charge in [-0.2, -0.15) is 0 Å². The average Bonchev–Trinajstić information content (AvgIpc) is 2.53. The average molecular weight is 286 g/mol. The number of hydrogen-bond donors (Lipinski definition) is 0. The molecule has 3 aromatic carbocycles. The minimum absolute atomic E-state index is 0.608. The van der Waals surface area contributed by atoms with E-state index >= 15 is 0 Å². The van der Waals surface area contributed by atoms with Crippen molar-refractivity contribution in [3.05, 3.63) is 54.6 Å². The smallest absolute Gasteiger partial charge is 0.309 e. The van der Waals surface area contributed by atoms with Gasteiger partial charge in [-0.05, 0) is 27.6 Å². The van der Waals surface area contributed by atoms with Gasteiger partial charge < -0.3 is 9.05 Å². The highest BCUT2D eigenvalue weighted by molar-refractivity contribution is 7.62. The molecule has 0 heterocycles. The fourth-order valence-corrected chi connectivity index (χ4v) is 3.86. The Kier molecular flexibility index (Phi) is 3.35. The van der Waals surface area contributed by atoms with Gasteiger partial charge in [-0.1, -0.05) is 48.5 Å². The lowest BCUT2D eigenvalue weighted by Crippen LogP contribution is -2.09. The van der Waals surface area contributed by atoms with Crippen molar-refractivity contribution in [2.45, 2.75) is 0 Å². The first-order chi connectivity index (χ1) is 9.69. The van der Waals surface area contributed by atoms with E-state index in [1.165, 1.54) is 14.2 Å². The van der Waals surface area contributed by atoms with Gasteiger partial charge in [0.1, 0.15) is 0 Å². The van der Waals surface area contributed by atoms with E-state index in [1.807, 2.05) is 48.5 Å². The summed E-state index contributed by atoms with van der Waals surface area (Å²) in [6.45, 7) is 0. The molecule has 0 amide bonds. The molecular formula is C16H15O3P. The largest absolute Gasteiger partial charge is 0.361 e. The summed E-state index contributed by atoms with van der Waals surface area (Å²) >= 11 is 0. The van der Waals surface area contributed by atoms with Crippen LogP contribution in [0.25, 0.3) is 21.5 Å². The molecule has 4 heteroatoms. The van der Waals surface area contributed by atoms with Crippen LogP contribution in [0.1, 0.15) is 0 Å². The Labute approximate surface area is 117 Å². The molecule has 0 aromatic heterocycles. The lowest BCUT2D eigenvalue weighted by molar-refractivity contribution is 0.287. The number of benzene rings is 3. The summed E-state index contributed by atoms with van der Waals surface area (Å²) in [6.07, 6.45) is 0. The van der Waals surface area contributed by atoms with Crippen LogP contribution >= 0.6 is 7.60 Å². The second kappa shape index (κ2) is 5.02. The molecule has 0 aliphatic rings. The van der Waals surface area contributed by atoms with E-state index in [1.54, 1.807) is 0 Å². The Hall–Kier alpha value is -1.67. The van der Waals surface area contributed by atoms with E-state index in [9.17, 15) is 4.57 Å². The highest BCUT2D eigenvalue weighted by atomic mass is 31.2. The lowest BCUT2D eigenvalue weighted by Gasteiger charge is -2.17. The Morgan fingerprint density at radius 3 is 2.00 bits per heavy atom. The van der Waals surface area contributed by atoms with E-state index in [0.29, 0.717) is 5.30 Å². The van der Waals surface area contributed by atoms with Crippen LogP contribution in [0.2, 0.25) is 0 Å². The molecule has 20 heavy (non-hydrogen) atoms. The number of rotatable bonds is 3. The molecule has 0 N–H and O–H groups in total. The van der Waals surface area contributed by atoms with Gasteiger partial charge in [0.15, 0.2) is 0 Å². The molecule has 0 radical (unpaired) electrons. The summed E-state index contributed by atoms with van der Waals surface area (Å²) in [7, 11) is -0.461. The van der Waals surface area contributed by atoms with Crippen LogP contribution in [0.5, 0.6) is 0 Å². The fourth-order valence-electron chi connectivity index (χ4n) is 2.53. The summed E-state index contributed by atoms with van der Waals surface area (Å²) in [5.41, 5.74) is 0. The molecule has 102 valence electrons. The molecular weight excluding hydrogens is 271 g/mol. The first-order valence-corrected chi connectivity index (χ1v) is 7.86. The van der Waals surface area contributed by atoms with Gasteiger partial charge >= 0.3 is 7.60 Å². The molecule has 3 nitrogen and oxygen atoms in total. The number of fused-ring (bicyclic) bond motifs is 3. The van der Waals surface area contributed by atoms with Gasteiger partial charge in [0.05, 0.1) is 5.30 Å². The minimum Gasteiger partial charge on any atom is -0.309 e. The highest BCUT2D eigenvalue weighted by Crippen LogP contribution is 2.47. The van der Waals surface area contributed by atoms with E-state index in [-0.39, 0.29) is 0 Å². The zero-order chi connectivity index (χ0) is 14.2. The second-order valence-electron chi connectivity index (χ2n) is 4.53. The Balaban J connectivity index is 2.50. The summed E-state index contributed by atoms with van der Waals surface area (Å²) in [5, 5.41) is 4.71. The van der Waals surface area contributed by atoms with Crippen molar-refractivity contribution in [3.63, 3.8) is 0 Å². The fraction of sp³-hybridized carbons (Fsp3) is 0.125. The molecule has 0 bridgehead atoms. The Bertz CT molecular complexity index is 818. The standard InChI is InChI=1S/C16H15O3P/c1-18-20(17,19-2)16-11-12-7-3-4-8-13(12)14-9-5-6-10-15(14)16/h3-11H,1-2H3. The van der Waals surface area contributed by atoms with Gasteiger partial charge in [-0.15, -0.1) is 0 Å². The van der Waals surface area contributed by atoms with Crippen LogP contribution in [0, 0.1) is 0 Å². The maximum atomic E-state index is 12.8. The first kappa shape index (κ1) is 13.3. The molecule has 0 fully saturated rings. The van der Waals surface area contributed by atoms with Gasteiger partial charge in [0, 0.05) is 14.2 Å². The normalized spacial score (nSPS) is 12.1. The lowest BCUT2D eigenvalue weighted by atomic mass is 10.0. The van der Waals surface area contributed by atoms with Crippen LogP contribution in [-0.4, -0.2) is 14.2 Å². The molecule has 0 aliphatic heterocycles. The van der Waals surface area contributed by atoms with Crippen molar-refractivity contribution in [3.8, 4) is 0 Å². The molecule has 3 rings (SSSR count). The molecule has 0 unspecified atom stereocenters. The third-order valence-electron chi connectivity index (χ3n) is 3.52. The van der Waals surface area contributed by atoms with Gasteiger partial charge in [-0.25, -0.2) is 0 Å². The molecule has 0 aliphatic carbocycles. The monoisotopic (exact) mass is 286 g/mol. The van der Waals surface area contributed by atoms with Crippen molar-refractivity contribution in [2.24, 2.45) is 0 Å². The molecule has 3 aromatic rings. The molecule has 0 saturated carbocycles. The van der Waals surface area contributed by atoms with Crippen molar-refractivity contribution in [1.29, 1.82) is 0 Å². The summed E-state index contributed by atoms with van der Waals surface area (Å²) in [4.78, 5) is 0. The quantitative estimate of drug-likeness (QED) is 0.537. The first-order valence-electron chi connectivity index (χ1n) is 6.32. The second-order valence-corrected chi connectivity index (χ2v) is 6.73. The van der Waals surface area contributed by atoms with Gasteiger partial charge in [-0.3, -0.25) is 4.57 Å². The SMILES string of the molecule is COP(=O)(OC)c1cc2ccccc2c2ccccc12. The Morgan fingerprint density at radius 1 is 0.800 bits per heavy atom. The number of hydrogen-bond acceptors (Lipinski definition) is 3. The maximum absolute atomic E-state index is 12.8. The summed E-state index contributed by atoms with van der Waals surface area (Å²) in [5.74, 6) is 0. The molecule has 0 saturated heterocycles. The van der Waals surface area contributed by atoms with Crippen LogP contribution in [0.4, 0.5) is 0 Å². The van der Waals surface area contributed by atoms with E-state index in [0.717, 1.165) is 21.5 Å². The zero-order valence-corrected chi connectivity index (χ0v) is 12.3. The molecule has 0 spiro atoms. The molecule has 0 atom stereocenters. The Morgan fingerprint density at radius 2 is 1.35 bits per heavy atom. The van der Waals surface area contributed by atoms with E-state index in [4.69, 9.17) is 9.05 Å². The van der Waals surface area contributed by atoms with Gasteiger partial charge in [0.2, 0.25) is 0 Å². The predicted octanol–water partition coefficient (Wildman–Crippen LogP) is 4.10. The third-order valence-corrected chi connectivity index (χ3v) is 5.44. The topological polar surface area (TPSA) is 35.5 Å². The van der Waals surface area contributed by atoms with Crippen LogP contribution in [0.3, 0.4) is 0 Å². The van der Waals surface area contributed by atoms with Crippen molar-refractivity contribution >= 4 is 34.4 Å². The van der Waals surface area contributed by atoms with Crippen LogP contribution < -0.4 is 5.30 Å². The predicted molar refractivity (Wildman–Crippen MR) is 82.7 cm³/mol. The summed E-state index contributed by atoms with van der Waals surface area (Å²) < 4.78 is 23.1. The minimum atomic E-state index is -3.28. The van der Waals surface area contributed by atoms with Crippen molar-refractivity contribution in [1.82, 2.24) is 0 Å². The zero-order valence-electron chi connectivity index (χ0n) is 11.4. The third kappa shape index (κ3) is 1.95. The maximum Gasteiger partial charge on any atom is 0.361 e. The van der Waals surface area contributed by atoms with Gasteiger partial charge in [0.25, 0.3) is 0 Å². The van der Waals surface area contributed by atoms with Crippen LogP contribution in [-0.2, 0) is 13.6 Å².